The van der Waals surface area contributed by atoms with Gasteiger partial charge in [0.25, 0.3) is 0 Å². The molecule has 0 saturated heterocycles. The lowest BCUT2D eigenvalue weighted by molar-refractivity contribution is -0.136. The minimum absolute atomic E-state index is 0.170. The quantitative estimate of drug-likeness (QED) is 0.372. The first-order valence-corrected chi connectivity index (χ1v) is 9.08. The predicted molar refractivity (Wildman–Crippen MR) is 104 cm³/mol. The molecular weight excluding hydrogens is 380 g/mol. The number of halogens is 1. The maximum Gasteiger partial charge on any atom is 0.331 e. The molecule has 2 rings (SSSR count). The Morgan fingerprint density at radius 1 is 1.08 bits per heavy atom. The smallest absolute Gasteiger partial charge is 0.331 e. The summed E-state index contributed by atoms with van der Waals surface area (Å²) >= 11 is 3.38. The third-order valence-electron chi connectivity index (χ3n) is 3.87. The van der Waals surface area contributed by atoms with Gasteiger partial charge in [0.1, 0.15) is 0 Å². The van der Waals surface area contributed by atoms with Gasteiger partial charge in [0.05, 0.1) is 0 Å². The largest absolute Gasteiger partial charge is 0.454 e. The van der Waals surface area contributed by atoms with Crippen molar-refractivity contribution < 1.29 is 14.3 Å². The molecule has 4 heteroatoms. The average Bonchev–Trinajstić information content (AvgIpc) is 2.63. The van der Waals surface area contributed by atoms with Crippen LogP contribution in [0.5, 0.6) is 0 Å². The van der Waals surface area contributed by atoms with Gasteiger partial charge >= 0.3 is 5.97 Å². The number of aryl methyl sites for hydroxylation is 2. The van der Waals surface area contributed by atoms with Crippen LogP contribution in [0.15, 0.2) is 53.0 Å². The molecule has 25 heavy (non-hydrogen) atoms. The molecule has 0 spiro atoms. The average molecular weight is 401 g/mol. The fourth-order valence-electron chi connectivity index (χ4n) is 2.45. The number of carbonyl (C=O) groups excluding carboxylic acids is 2. The highest BCUT2D eigenvalue weighted by Gasteiger charge is 2.13. The monoisotopic (exact) mass is 400 g/mol. The van der Waals surface area contributed by atoms with Crippen molar-refractivity contribution in [2.75, 3.05) is 6.61 Å². The molecule has 0 bridgehead atoms. The van der Waals surface area contributed by atoms with Gasteiger partial charge in [-0.05, 0) is 53.8 Å². The highest BCUT2D eigenvalue weighted by Crippen LogP contribution is 2.15. The Balaban J connectivity index is 1.98. The van der Waals surface area contributed by atoms with Crippen molar-refractivity contribution in [2.24, 2.45) is 0 Å². The van der Waals surface area contributed by atoms with Crippen molar-refractivity contribution in [3.8, 4) is 0 Å². The molecule has 0 N–H and O–H groups in total. The van der Waals surface area contributed by atoms with E-state index in [0.29, 0.717) is 5.56 Å². The zero-order chi connectivity index (χ0) is 18.2. The summed E-state index contributed by atoms with van der Waals surface area (Å²) in [6.45, 7) is 3.80. The highest BCUT2D eigenvalue weighted by molar-refractivity contribution is 9.10. The van der Waals surface area contributed by atoms with Crippen LogP contribution < -0.4 is 0 Å². The summed E-state index contributed by atoms with van der Waals surface area (Å²) in [5, 5.41) is 0. The number of rotatable bonds is 7. The maximum atomic E-state index is 12.4. The molecule has 0 amide bonds. The van der Waals surface area contributed by atoms with Crippen molar-refractivity contribution in [3.63, 3.8) is 0 Å². The van der Waals surface area contributed by atoms with Crippen molar-refractivity contribution in [2.45, 2.75) is 26.7 Å². The van der Waals surface area contributed by atoms with Gasteiger partial charge in [-0.25, -0.2) is 4.79 Å². The second-order valence-electron chi connectivity index (χ2n) is 5.62. The molecule has 0 aromatic heterocycles. The van der Waals surface area contributed by atoms with Crippen LogP contribution in [0, 0.1) is 0 Å². The number of hydrogen-bond acceptors (Lipinski definition) is 3. The van der Waals surface area contributed by atoms with E-state index >= 15 is 0 Å². The number of Topliss-reactive ketones (excluding diaryl/α,β-unsaturated/α-hetero) is 1. The molecule has 0 heterocycles. The van der Waals surface area contributed by atoms with E-state index in [-0.39, 0.29) is 12.4 Å². The van der Waals surface area contributed by atoms with Crippen molar-refractivity contribution in [1.82, 2.24) is 0 Å². The Labute approximate surface area is 156 Å². The van der Waals surface area contributed by atoms with E-state index < -0.39 is 5.97 Å². The predicted octanol–water partition coefficient (Wildman–Crippen LogP) is 5.01. The SMILES string of the molecule is CCc1ccc(CC)c(C(=O)COC(=O)/C=C/c2cccc(Br)c2)c1. The summed E-state index contributed by atoms with van der Waals surface area (Å²) in [5.41, 5.74) is 3.59. The molecule has 2 aromatic rings. The van der Waals surface area contributed by atoms with E-state index in [9.17, 15) is 9.59 Å². The number of carbonyl (C=O) groups is 2. The lowest BCUT2D eigenvalue weighted by Crippen LogP contribution is -2.14. The molecule has 2 aromatic carbocycles. The Morgan fingerprint density at radius 3 is 2.56 bits per heavy atom. The molecule has 0 radical (unpaired) electrons. The minimum Gasteiger partial charge on any atom is -0.454 e. The van der Waals surface area contributed by atoms with Gasteiger partial charge in [0, 0.05) is 16.1 Å². The van der Waals surface area contributed by atoms with E-state index in [1.165, 1.54) is 6.08 Å². The van der Waals surface area contributed by atoms with Gasteiger partial charge in [-0.3, -0.25) is 4.79 Å². The van der Waals surface area contributed by atoms with Crippen LogP contribution in [0.25, 0.3) is 6.08 Å². The van der Waals surface area contributed by atoms with E-state index in [1.807, 2.05) is 56.3 Å². The standard InChI is InChI=1S/C21H21BrO3/c1-3-15-8-10-17(4-2)19(13-15)20(23)14-25-21(24)11-9-16-6-5-7-18(22)12-16/h5-13H,3-4,14H2,1-2H3/b11-9+. The second-order valence-corrected chi connectivity index (χ2v) is 6.53. The number of esters is 1. The summed E-state index contributed by atoms with van der Waals surface area (Å²) in [6.07, 6.45) is 4.62. The second kappa shape index (κ2) is 9.33. The van der Waals surface area contributed by atoms with Gasteiger partial charge in [-0.15, -0.1) is 0 Å². The van der Waals surface area contributed by atoms with E-state index in [1.54, 1.807) is 6.08 Å². The lowest BCUT2D eigenvalue weighted by Gasteiger charge is -2.09. The van der Waals surface area contributed by atoms with Gasteiger partial charge < -0.3 is 4.74 Å². The van der Waals surface area contributed by atoms with Crippen molar-refractivity contribution in [1.29, 1.82) is 0 Å². The number of hydrogen-bond donors (Lipinski definition) is 0. The molecular formula is C21H21BrO3. The van der Waals surface area contributed by atoms with Gasteiger partial charge in [-0.2, -0.15) is 0 Å². The molecule has 0 aliphatic heterocycles. The molecule has 130 valence electrons. The third kappa shape index (κ3) is 5.68. The van der Waals surface area contributed by atoms with Crippen LogP contribution in [-0.2, 0) is 22.4 Å². The van der Waals surface area contributed by atoms with Crippen LogP contribution in [0.1, 0.15) is 40.9 Å². The molecule has 0 atom stereocenters. The number of ether oxygens (including phenoxy) is 1. The zero-order valence-electron chi connectivity index (χ0n) is 14.4. The third-order valence-corrected chi connectivity index (χ3v) is 4.36. The van der Waals surface area contributed by atoms with Gasteiger partial charge in [0.15, 0.2) is 6.61 Å². The molecule has 3 nitrogen and oxygen atoms in total. The first-order valence-electron chi connectivity index (χ1n) is 8.28. The molecule has 0 unspecified atom stereocenters. The lowest BCUT2D eigenvalue weighted by atomic mass is 9.98. The topological polar surface area (TPSA) is 43.4 Å². The van der Waals surface area contributed by atoms with Crippen LogP contribution >= 0.6 is 15.9 Å². The fraction of sp³-hybridized carbons (Fsp3) is 0.238. The summed E-state index contributed by atoms with van der Waals surface area (Å²) in [6, 6.07) is 13.5. The fourth-order valence-corrected chi connectivity index (χ4v) is 2.87. The van der Waals surface area contributed by atoms with Crippen molar-refractivity contribution >= 4 is 33.8 Å². The van der Waals surface area contributed by atoms with Crippen LogP contribution in [0.4, 0.5) is 0 Å². The van der Waals surface area contributed by atoms with E-state index in [4.69, 9.17) is 4.74 Å². The zero-order valence-corrected chi connectivity index (χ0v) is 16.0. The maximum absolute atomic E-state index is 12.4. The Bertz CT molecular complexity index is 793. The van der Waals surface area contributed by atoms with E-state index in [0.717, 1.165) is 34.0 Å². The first-order chi connectivity index (χ1) is 12.0. The normalized spacial score (nSPS) is 10.8. The Kier molecular flexibility index (Phi) is 7.14. The van der Waals surface area contributed by atoms with Gasteiger partial charge in [0.2, 0.25) is 5.78 Å². The van der Waals surface area contributed by atoms with Crippen molar-refractivity contribution in [3.05, 3.63) is 75.3 Å². The summed E-state index contributed by atoms with van der Waals surface area (Å²) in [7, 11) is 0. The van der Waals surface area contributed by atoms with Crippen LogP contribution in [0.3, 0.4) is 0 Å². The highest BCUT2D eigenvalue weighted by atomic mass is 79.9. The summed E-state index contributed by atoms with van der Waals surface area (Å²) < 4.78 is 6.03. The minimum atomic E-state index is -0.530. The van der Waals surface area contributed by atoms with Crippen LogP contribution in [-0.4, -0.2) is 18.4 Å². The Hall–Kier alpha value is -2.20. The number of benzene rings is 2. The molecule has 0 aliphatic carbocycles. The molecule has 0 aliphatic rings. The van der Waals surface area contributed by atoms with Crippen LogP contribution in [0.2, 0.25) is 0 Å². The number of ketones is 1. The summed E-state index contributed by atoms with van der Waals surface area (Å²) in [4.78, 5) is 24.3. The molecule has 0 saturated carbocycles. The van der Waals surface area contributed by atoms with E-state index in [2.05, 4.69) is 15.9 Å². The molecule has 0 fully saturated rings. The Morgan fingerprint density at radius 2 is 1.88 bits per heavy atom. The summed E-state index contributed by atoms with van der Waals surface area (Å²) in [5.74, 6) is -0.700. The first kappa shape index (κ1) is 19.1. The van der Waals surface area contributed by atoms with Gasteiger partial charge in [-0.1, -0.05) is 54.0 Å².